The number of aromatic nitrogens is 3. The van der Waals surface area contributed by atoms with Gasteiger partial charge in [-0.05, 0) is 54.8 Å². The number of imidazole rings is 1. The summed E-state index contributed by atoms with van der Waals surface area (Å²) in [7, 11) is 0. The summed E-state index contributed by atoms with van der Waals surface area (Å²) in [6.07, 6.45) is 3.77. The van der Waals surface area contributed by atoms with Crippen LogP contribution in [0.5, 0.6) is 0 Å². The monoisotopic (exact) mass is 468 g/mol. The molecule has 0 bridgehead atoms. The molecule has 2 aromatic carbocycles. The number of nitriles is 1. The molecule has 0 N–H and O–H groups in total. The number of fused-ring (bicyclic) bond motifs is 1. The number of hydrogen-bond donors (Lipinski definition) is 0. The van der Waals surface area contributed by atoms with Gasteiger partial charge in [0.2, 0.25) is 0 Å². The molecule has 0 spiro atoms. The summed E-state index contributed by atoms with van der Waals surface area (Å²) in [6, 6.07) is 19.1. The van der Waals surface area contributed by atoms with E-state index in [0.29, 0.717) is 18.8 Å². The summed E-state index contributed by atoms with van der Waals surface area (Å²) in [5, 5.41) is 14.8. The molecule has 8 heteroatoms. The first-order chi connectivity index (χ1) is 17.2. The molecule has 35 heavy (non-hydrogen) atoms. The van der Waals surface area contributed by atoms with Gasteiger partial charge in [0, 0.05) is 25.2 Å². The van der Waals surface area contributed by atoms with Crippen molar-refractivity contribution < 1.29 is 9.13 Å². The molecule has 0 radical (unpaired) electrons. The molecule has 2 aliphatic rings. The molecular formula is C27H25FN6O. The average molecular weight is 469 g/mol. The van der Waals surface area contributed by atoms with Gasteiger partial charge in [-0.1, -0.05) is 18.2 Å². The van der Waals surface area contributed by atoms with E-state index in [-0.39, 0.29) is 11.9 Å². The van der Waals surface area contributed by atoms with Gasteiger partial charge in [0.05, 0.1) is 42.4 Å². The molecule has 176 valence electrons. The standard InChI is InChI=1S/C27H25FN6O/c28-22-4-1-3-19(16-22)24-5-2-10-33(24)27-9-8-26-30-18-25(34(26)31-27)20-6-7-23(21(15-20)17-29)32-11-13-35-14-12-32/h1,3-4,6-9,15-16,18,24H,2,5,10-14H2. The Morgan fingerprint density at radius 1 is 1.03 bits per heavy atom. The maximum atomic E-state index is 13.9. The van der Waals surface area contributed by atoms with Crippen LogP contribution in [-0.4, -0.2) is 47.4 Å². The van der Waals surface area contributed by atoms with E-state index in [4.69, 9.17) is 9.84 Å². The van der Waals surface area contributed by atoms with Gasteiger partial charge in [-0.3, -0.25) is 0 Å². The minimum atomic E-state index is -0.219. The minimum absolute atomic E-state index is 0.0839. The van der Waals surface area contributed by atoms with Crippen molar-refractivity contribution in [2.75, 3.05) is 42.6 Å². The molecule has 0 saturated carbocycles. The van der Waals surface area contributed by atoms with Crippen molar-refractivity contribution in [3.05, 3.63) is 77.7 Å². The molecule has 7 nitrogen and oxygen atoms in total. The minimum Gasteiger partial charge on any atom is -0.378 e. The number of nitrogens with zero attached hydrogens (tertiary/aromatic N) is 6. The van der Waals surface area contributed by atoms with Crippen molar-refractivity contribution in [1.29, 1.82) is 5.26 Å². The summed E-state index contributed by atoms with van der Waals surface area (Å²) in [5.74, 6) is 0.609. The second kappa shape index (κ2) is 9.01. The van der Waals surface area contributed by atoms with E-state index in [1.165, 1.54) is 6.07 Å². The lowest BCUT2D eigenvalue weighted by atomic mass is 10.0. The number of rotatable bonds is 4. The van der Waals surface area contributed by atoms with Gasteiger partial charge in [-0.15, -0.1) is 5.10 Å². The van der Waals surface area contributed by atoms with Crippen LogP contribution in [0.2, 0.25) is 0 Å². The maximum absolute atomic E-state index is 13.9. The van der Waals surface area contributed by atoms with Crippen LogP contribution in [0.15, 0.2) is 60.8 Å². The fourth-order valence-electron chi connectivity index (χ4n) is 5.18. The number of halogens is 1. The van der Waals surface area contributed by atoms with E-state index < -0.39 is 0 Å². The molecule has 1 atom stereocenters. The van der Waals surface area contributed by atoms with Gasteiger partial charge in [-0.2, -0.15) is 5.26 Å². The summed E-state index contributed by atoms with van der Waals surface area (Å²) in [6.45, 7) is 3.74. The fraction of sp³-hybridized carbons (Fsp3) is 0.296. The third-order valence-electron chi connectivity index (χ3n) is 6.89. The van der Waals surface area contributed by atoms with E-state index in [1.807, 2.05) is 40.9 Å². The molecule has 4 aromatic rings. The van der Waals surface area contributed by atoms with Gasteiger partial charge in [0.1, 0.15) is 17.7 Å². The van der Waals surface area contributed by atoms with Crippen LogP contribution in [0.3, 0.4) is 0 Å². The van der Waals surface area contributed by atoms with Crippen LogP contribution in [0, 0.1) is 17.1 Å². The largest absolute Gasteiger partial charge is 0.378 e. The normalized spacial score (nSPS) is 18.2. The SMILES string of the molecule is N#Cc1cc(-c2cnc3ccc(N4CCCC4c4cccc(F)c4)nn23)ccc1N1CCOCC1. The molecular weight excluding hydrogens is 443 g/mol. The van der Waals surface area contributed by atoms with Crippen LogP contribution in [-0.2, 0) is 4.74 Å². The highest BCUT2D eigenvalue weighted by Gasteiger charge is 2.28. The topological polar surface area (TPSA) is 69.7 Å². The highest BCUT2D eigenvalue weighted by atomic mass is 19.1. The van der Waals surface area contributed by atoms with Gasteiger partial charge in [-0.25, -0.2) is 13.9 Å². The molecule has 1 unspecified atom stereocenters. The zero-order valence-electron chi connectivity index (χ0n) is 19.3. The molecule has 2 aromatic heterocycles. The van der Waals surface area contributed by atoms with Gasteiger partial charge in [0.25, 0.3) is 0 Å². The van der Waals surface area contributed by atoms with E-state index in [1.54, 1.807) is 18.3 Å². The predicted molar refractivity (Wildman–Crippen MR) is 132 cm³/mol. The van der Waals surface area contributed by atoms with Crippen molar-refractivity contribution in [2.45, 2.75) is 18.9 Å². The number of ether oxygens (including phenoxy) is 1. The average Bonchev–Trinajstić information content (AvgIpc) is 3.56. The highest BCUT2D eigenvalue weighted by Crippen LogP contribution is 2.36. The summed E-state index contributed by atoms with van der Waals surface area (Å²) < 4.78 is 21.2. The molecule has 0 aliphatic carbocycles. The lowest BCUT2D eigenvalue weighted by Gasteiger charge is -2.29. The van der Waals surface area contributed by atoms with Crippen molar-refractivity contribution in [2.24, 2.45) is 0 Å². The molecule has 2 saturated heterocycles. The lowest BCUT2D eigenvalue weighted by molar-refractivity contribution is 0.122. The highest BCUT2D eigenvalue weighted by molar-refractivity contribution is 5.71. The molecule has 6 rings (SSSR count). The first-order valence-electron chi connectivity index (χ1n) is 12.0. The second-order valence-corrected chi connectivity index (χ2v) is 8.95. The number of hydrogen-bond acceptors (Lipinski definition) is 6. The Morgan fingerprint density at radius 3 is 2.74 bits per heavy atom. The Balaban J connectivity index is 1.36. The first kappa shape index (κ1) is 21.6. The van der Waals surface area contributed by atoms with Crippen molar-refractivity contribution in [3.63, 3.8) is 0 Å². The number of benzene rings is 2. The predicted octanol–water partition coefficient (Wildman–Crippen LogP) is 4.59. The number of morpholine rings is 1. The van der Waals surface area contributed by atoms with Crippen LogP contribution in [0.4, 0.5) is 15.9 Å². The van der Waals surface area contributed by atoms with E-state index in [9.17, 15) is 9.65 Å². The summed E-state index contributed by atoms with van der Waals surface area (Å²) >= 11 is 0. The van der Waals surface area contributed by atoms with Crippen molar-refractivity contribution in [1.82, 2.24) is 14.6 Å². The Kier molecular flexibility index (Phi) is 5.55. The van der Waals surface area contributed by atoms with Crippen LogP contribution < -0.4 is 9.80 Å². The Bertz CT molecular complexity index is 1420. The Labute approximate surface area is 203 Å². The van der Waals surface area contributed by atoms with Crippen LogP contribution in [0.1, 0.15) is 30.0 Å². The van der Waals surface area contributed by atoms with E-state index in [0.717, 1.165) is 66.4 Å². The van der Waals surface area contributed by atoms with E-state index in [2.05, 4.69) is 20.9 Å². The van der Waals surface area contributed by atoms with Gasteiger partial charge >= 0.3 is 0 Å². The lowest BCUT2D eigenvalue weighted by Crippen LogP contribution is -2.36. The third kappa shape index (κ3) is 3.98. The van der Waals surface area contributed by atoms with E-state index >= 15 is 0 Å². The third-order valence-corrected chi connectivity index (χ3v) is 6.89. The summed E-state index contributed by atoms with van der Waals surface area (Å²) in [4.78, 5) is 8.97. The molecule has 4 heterocycles. The van der Waals surface area contributed by atoms with Crippen LogP contribution in [0.25, 0.3) is 16.9 Å². The molecule has 2 fully saturated rings. The Hall–Kier alpha value is -3.96. The zero-order valence-corrected chi connectivity index (χ0v) is 19.3. The van der Waals surface area contributed by atoms with Crippen LogP contribution >= 0.6 is 0 Å². The van der Waals surface area contributed by atoms with Crippen molar-refractivity contribution in [3.8, 4) is 17.3 Å². The smallest absolute Gasteiger partial charge is 0.154 e. The maximum Gasteiger partial charge on any atom is 0.154 e. The zero-order chi connectivity index (χ0) is 23.8. The second-order valence-electron chi connectivity index (χ2n) is 8.95. The first-order valence-corrected chi connectivity index (χ1v) is 12.0. The fourth-order valence-corrected chi connectivity index (χ4v) is 5.18. The molecule has 0 amide bonds. The number of anilines is 2. The molecule has 2 aliphatic heterocycles. The Morgan fingerprint density at radius 2 is 1.91 bits per heavy atom. The van der Waals surface area contributed by atoms with Gasteiger partial charge < -0.3 is 14.5 Å². The van der Waals surface area contributed by atoms with Gasteiger partial charge in [0.15, 0.2) is 5.65 Å². The summed E-state index contributed by atoms with van der Waals surface area (Å²) in [5.41, 5.74) is 4.97. The van der Waals surface area contributed by atoms with Crippen molar-refractivity contribution >= 4 is 17.2 Å². The quantitative estimate of drug-likeness (QED) is 0.437.